The van der Waals surface area contributed by atoms with Gasteiger partial charge in [0, 0.05) is 55.5 Å². The molecular weight excluding hydrogens is 328 g/mol. The van der Waals surface area contributed by atoms with Gasteiger partial charge in [0.15, 0.2) is 0 Å². The molecule has 6 heteroatoms. The molecule has 3 aromatic rings. The summed E-state index contributed by atoms with van der Waals surface area (Å²) in [5, 5.41) is 8.23. The van der Waals surface area contributed by atoms with Crippen molar-refractivity contribution in [2.24, 2.45) is 7.05 Å². The molecule has 0 radical (unpaired) electrons. The van der Waals surface area contributed by atoms with Gasteiger partial charge in [-0.1, -0.05) is 6.07 Å². The number of nitrogens with zero attached hydrogens (tertiary/aromatic N) is 2. The zero-order chi connectivity index (χ0) is 18.1. The molecule has 0 spiro atoms. The average Bonchev–Trinajstić information content (AvgIpc) is 3.24. The first-order chi connectivity index (χ1) is 12.6. The zero-order valence-electron chi connectivity index (χ0n) is 15.2. The molecule has 1 aliphatic rings. The number of hydrogen-bond donors (Lipinski definition) is 2. The summed E-state index contributed by atoms with van der Waals surface area (Å²) in [5.41, 5.74) is 5.47. The summed E-state index contributed by atoms with van der Waals surface area (Å²) in [6.45, 7) is 4.36. The van der Waals surface area contributed by atoms with Crippen LogP contribution in [0.2, 0.25) is 0 Å². The Balaban J connectivity index is 1.51. The van der Waals surface area contributed by atoms with Crippen molar-refractivity contribution in [3.63, 3.8) is 0 Å². The highest BCUT2D eigenvalue weighted by Crippen LogP contribution is 2.33. The lowest BCUT2D eigenvalue weighted by Crippen LogP contribution is -2.22. The predicted molar refractivity (Wildman–Crippen MR) is 100 cm³/mol. The van der Waals surface area contributed by atoms with E-state index in [1.807, 2.05) is 0 Å². The SMILES string of the molecule is Cc1c(C2CCOCC2)[nH]c2ccc(CNC(=O)c3cnn(C)c3)cc12. The molecule has 2 N–H and O–H groups in total. The maximum atomic E-state index is 12.2. The molecule has 0 aliphatic carbocycles. The Labute approximate surface area is 152 Å². The molecular formula is C20H24N4O2. The van der Waals surface area contributed by atoms with E-state index < -0.39 is 0 Å². The number of ether oxygens (including phenoxy) is 1. The van der Waals surface area contributed by atoms with Crippen LogP contribution in [-0.2, 0) is 18.3 Å². The number of H-pyrrole nitrogens is 1. The van der Waals surface area contributed by atoms with Gasteiger partial charge in [0.25, 0.3) is 5.91 Å². The van der Waals surface area contributed by atoms with Gasteiger partial charge in [0.05, 0.1) is 11.8 Å². The number of amides is 1. The topological polar surface area (TPSA) is 71.9 Å². The first-order valence-electron chi connectivity index (χ1n) is 9.07. The number of nitrogens with one attached hydrogen (secondary N) is 2. The molecule has 26 heavy (non-hydrogen) atoms. The van der Waals surface area contributed by atoms with Gasteiger partial charge < -0.3 is 15.0 Å². The Morgan fingerprint density at radius 3 is 2.92 bits per heavy atom. The highest BCUT2D eigenvalue weighted by molar-refractivity contribution is 5.93. The highest BCUT2D eigenvalue weighted by Gasteiger charge is 2.20. The fourth-order valence-corrected chi connectivity index (χ4v) is 3.72. The molecule has 2 aromatic heterocycles. The lowest BCUT2D eigenvalue weighted by atomic mass is 9.93. The minimum absolute atomic E-state index is 0.105. The first kappa shape index (κ1) is 16.8. The molecule has 0 atom stereocenters. The fraction of sp³-hybridized carbons (Fsp3) is 0.400. The molecule has 6 nitrogen and oxygen atoms in total. The summed E-state index contributed by atoms with van der Waals surface area (Å²) in [5.74, 6) is 0.441. The third-order valence-corrected chi connectivity index (χ3v) is 5.21. The number of benzene rings is 1. The molecule has 1 aliphatic heterocycles. The van der Waals surface area contributed by atoms with E-state index in [0.29, 0.717) is 18.0 Å². The minimum Gasteiger partial charge on any atom is -0.381 e. The van der Waals surface area contributed by atoms with Crippen LogP contribution in [-0.4, -0.2) is 33.9 Å². The third-order valence-electron chi connectivity index (χ3n) is 5.21. The number of fused-ring (bicyclic) bond motifs is 1. The molecule has 1 amide bonds. The van der Waals surface area contributed by atoms with E-state index in [1.54, 1.807) is 24.1 Å². The lowest BCUT2D eigenvalue weighted by molar-refractivity contribution is 0.0845. The maximum absolute atomic E-state index is 12.2. The molecule has 136 valence electrons. The van der Waals surface area contributed by atoms with Crippen LogP contribution in [0.1, 0.15) is 45.9 Å². The van der Waals surface area contributed by atoms with E-state index in [4.69, 9.17) is 4.74 Å². The number of aromatic amines is 1. The van der Waals surface area contributed by atoms with Crippen LogP contribution in [0.4, 0.5) is 0 Å². The van der Waals surface area contributed by atoms with Crippen molar-refractivity contribution in [1.82, 2.24) is 20.1 Å². The predicted octanol–water partition coefficient (Wildman–Crippen LogP) is 3.03. The second kappa shape index (κ2) is 6.96. The maximum Gasteiger partial charge on any atom is 0.254 e. The number of aryl methyl sites for hydroxylation is 2. The first-order valence-corrected chi connectivity index (χ1v) is 9.07. The summed E-state index contributed by atoms with van der Waals surface area (Å²) in [4.78, 5) is 15.8. The number of carbonyl (C=O) groups is 1. The van der Waals surface area contributed by atoms with Gasteiger partial charge in [0.1, 0.15) is 0 Å². The monoisotopic (exact) mass is 352 g/mol. The smallest absolute Gasteiger partial charge is 0.254 e. The van der Waals surface area contributed by atoms with Crippen molar-refractivity contribution in [1.29, 1.82) is 0 Å². The summed E-state index contributed by atoms with van der Waals surface area (Å²) >= 11 is 0. The van der Waals surface area contributed by atoms with Gasteiger partial charge in [-0.15, -0.1) is 0 Å². The minimum atomic E-state index is -0.105. The van der Waals surface area contributed by atoms with Crippen molar-refractivity contribution in [3.8, 4) is 0 Å². The number of hydrogen-bond acceptors (Lipinski definition) is 3. The molecule has 0 saturated carbocycles. The zero-order valence-corrected chi connectivity index (χ0v) is 15.2. The van der Waals surface area contributed by atoms with E-state index in [9.17, 15) is 4.79 Å². The van der Waals surface area contributed by atoms with Crippen LogP contribution in [0.5, 0.6) is 0 Å². The van der Waals surface area contributed by atoms with Crippen LogP contribution in [0.25, 0.3) is 10.9 Å². The lowest BCUT2D eigenvalue weighted by Gasteiger charge is -2.21. The van der Waals surface area contributed by atoms with Crippen LogP contribution >= 0.6 is 0 Å². The van der Waals surface area contributed by atoms with Crippen molar-refractivity contribution in [2.75, 3.05) is 13.2 Å². The molecule has 0 bridgehead atoms. The Morgan fingerprint density at radius 1 is 1.38 bits per heavy atom. The number of carbonyl (C=O) groups excluding carboxylic acids is 1. The summed E-state index contributed by atoms with van der Waals surface area (Å²) in [6, 6.07) is 6.35. The Hall–Kier alpha value is -2.60. The van der Waals surface area contributed by atoms with Gasteiger partial charge in [-0.05, 0) is 43.0 Å². The standard InChI is InChI=1S/C20H24N4O2/c1-13-17-9-14(10-21-20(25)16-11-22-24(2)12-16)3-4-18(17)23-19(13)15-5-7-26-8-6-15/h3-4,9,11-12,15,23H,5-8,10H2,1-2H3,(H,21,25). The summed E-state index contributed by atoms with van der Waals surface area (Å²) in [7, 11) is 1.80. The van der Waals surface area contributed by atoms with Crippen molar-refractivity contribution in [2.45, 2.75) is 32.2 Å². The average molecular weight is 352 g/mol. The molecule has 1 aromatic carbocycles. The highest BCUT2D eigenvalue weighted by atomic mass is 16.5. The largest absolute Gasteiger partial charge is 0.381 e. The van der Waals surface area contributed by atoms with Gasteiger partial charge >= 0.3 is 0 Å². The van der Waals surface area contributed by atoms with Crippen LogP contribution in [0.3, 0.4) is 0 Å². The van der Waals surface area contributed by atoms with Gasteiger partial charge in [-0.25, -0.2) is 0 Å². The summed E-state index contributed by atoms with van der Waals surface area (Å²) in [6.07, 6.45) is 5.44. The van der Waals surface area contributed by atoms with E-state index in [0.717, 1.165) is 37.1 Å². The third kappa shape index (κ3) is 3.24. The summed E-state index contributed by atoms with van der Waals surface area (Å²) < 4.78 is 7.11. The Morgan fingerprint density at radius 2 is 2.19 bits per heavy atom. The van der Waals surface area contributed by atoms with Crippen LogP contribution < -0.4 is 5.32 Å². The second-order valence-corrected chi connectivity index (χ2v) is 7.02. The Bertz CT molecular complexity index is 935. The van der Waals surface area contributed by atoms with Crippen LogP contribution in [0.15, 0.2) is 30.6 Å². The van der Waals surface area contributed by atoms with Crippen molar-refractivity contribution >= 4 is 16.8 Å². The molecule has 1 saturated heterocycles. The Kier molecular flexibility index (Phi) is 4.51. The van der Waals surface area contributed by atoms with E-state index in [-0.39, 0.29) is 5.91 Å². The number of aromatic nitrogens is 3. The van der Waals surface area contributed by atoms with E-state index in [1.165, 1.54) is 16.6 Å². The van der Waals surface area contributed by atoms with Crippen LogP contribution in [0, 0.1) is 6.92 Å². The molecule has 1 fully saturated rings. The van der Waals surface area contributed by atoms with Crippen molar-refractivity contribution in [3.05, 3.63) is 53.0 Å². The molecule has 4 rings (SSSR count). The van der Waals surface area contributed by atoms with Gasteiger partial charge in [0.2, 0.25) is 0 Å². The van der Waals surface area contributed by atoms with Gasteiger partial charge in [-0.3, -0.25) is 9.48 Å². The van der Waals surface area contributed by atoms with E-state index >= 15 is 0 Å². The number of rotatable bonds is 4. The quantitative estimate of drug-likeness (QED) is 0.758. The van der Waals surface area contributed by atoms with Crippen molar-refractivity contribution < 1.29 is 9.53 Å². The second-order valence-electron chi connectivity index (χ2n) is 7.02. The fourth-order valence-electron chi connectivity index (χ4n) is 3.72. The molecule has 0 unspecified atom stereocenters. The van der Waals surface area contributed by atoms with Gasteiger partial charge in [-0.2, -0.15) is 5.10 Å². The molecule has 3 heterocycles. The normalized spacial score (nSPS) is 15.5. The van der Waals surface area contributed by atoms with E-state index in [2.05, 4.69) is 40.5 Å².